The Labute approximate surface area is 134 Å². The molecule has 7 heteroatoms. The van der Waals surface area contributed by atoms with E-state index >= 15 is 0 Å². The molecule has 1 aromatic carbocycles. The monoisotopic (exact) mass is 337 g/mol. The molecule has 0 fully saturated rings. The molecule has 3 rings (SSSR count). The maximum Gasteiger partial charge on any atom is 0.321 e. The number of nitrogens with one attached hydrogen (secondary N) is 2. The quantitative estimate of drug-likeness (QED) is 0.731. The lowest BCUT2D eigenvalue weighted by Crippen LogP contribution is -2.27. The van der Waals surface area contributed by atoms with Gasteiger partial charge in [0.25, 0.3) is 0 Å². The summed E-state index contributed by atoms with van der Waals surface area (Å²) in [6.45, 7) is 2.43. The summed E-state index contributed by atoms with van der Waals surface area (Å²) in [4.78, 5) is 17.4. The molecule has 0 saturated heterocycles. The Morgan fingerprint density at radius 2 is 2.24 bits per heavy atom. The molecule has 0 atom stereocenters. The highest BCUT2D eigenvalue weighted by atomic mass is 35.5. The number of hydrogen-bond acceptors (Lipinski definition) is 4. The fourth-order valence-electron chi connectivity index (χ4n) is 1.88. The van der Waals surface area contributed by atoms with Crippen molar-refractivity contribution >= 4 is 55.7 Å². The van der Waals surface area contributed by atoms with E-state index in [2.05, 4.69) is 15.6 Å². The molecule has 0 spiro atoms. The van der Waals surface area contributed by atoms with Gasteiger partial charge in [-0.15, -0.1) is 11.3 Å². The zero-order chi connectivity index (χ0) is 14.8. The molecular weight excluding hydrogens is 326 g/mol. The summed E-state index contributed by atoms with van der Waals surface area (Å²) >= 11 is 9.12. The third-order valence-electron chi connectivity index (χ3n) is 2.97. The Hall–Kier alpha value is -1.63. The van der Waals surface area contributed by atoms with Crippen LogP contribution >= 0.6 is 34.3 Å². The van der Waals surface area contributed by atoms with Crippen LogP contribution in [0.2, 0.25) is 5.02 Å². The van der Waals surface area contributed by atoms with E-state index in [0.717, 1.165) is 20.7 Å². The van der Waals surface area contributed by atoms with E-state index in [1.165, 1.54) is 11.3 Å². The van der Waals surface area contributed by atoms with E-state index in [1.54, 1.807) is 11.3 Å². The average molecular weight is 338 g/mol. The highest BCUT2D eigenvalue weighted by Crippen LogP contribution is 2.31. The van der Waals surface area contributed by atoms with Crippen LogP contribution in [0.15, 0.2) is 29.6 Å². The van der Waals surface area contributed by atoms with E-state index < -0.39 is 0 Å². The van der Waals surface area contributed by atoms with Gasteiger partial charge in [-0.3, -0.25) is 5.32 Å². The van der Waals surface area contributed by atoms with Gasteiger partial charge in [0.1, 0.15) is 0 Å². The molecular formula is C14H12ClN3OS2. The fraction of sp³-hybridized carbons (Fsp3) is 0.143. The first-order valence-corrected chi connectivity index (χ1v) is 8.34. The first kappa shape index (κ1) is 14.3. The molecule has 108 valence electrons. The van der Waals surface area contributed by atoms with Gasteiger partial charge in [-0.1, -0.05) is 29.0 Å². The van der Waals surface area contributed by atoms with Gasteiger partial charge < -0.3 is 5.32 Å². The van der Waals surface area contributed by atoms with Crippen LogP contribution in [-0.4, -0.2) is 11.0 Å². The van der Waals surface area contributed by atoms with Gasteiger partial charge in [0, 0.05) is 9.90 Å². The first-order valence-electron chi connectivity index (χ1n) is 6.26. The van der Waals surface area contributed by atoms with Crippen molar-refractivity contribution in [3.8, 4) is 0 Å². The van der Waals surface area contributed by atoms with Crippen LogP contribution in [-0.2, 0) is 6.54 Å². The third kappa shape index (κ3) is 3.18. The van der Waals surface area contributed by atoms with Gasteiger partial charge in [-0.2, -0.15) is 0 Å². The lowest BCUT2D eigenvalue weighted by Gasteiger charge is -2.03. The maximum atomic E-state index is 11.9. The number of fused-ring (bicyclic) bond motifs is 1. The van der Waals surface area contributed by atoms with Crippen LogP contribution < -0.4 is 10.6 Å². The van der Waals surface area contributed by atoms with Crippen LogP contribution in [0.5, 0.6) is 0 Å². The molecule has 0 radical (unpaired) electrons. The number of urea groups is 1. The van der Waals surface area contributed by atoms with Crippen molar-refractivity contribution < 1.29 is 4.79 Å². The third-order valence-corrected chi connectivity index (χ3v) is 5.19. The maximum absolute atomic E-state index is 11.9. The van der Waals surface area contributed by atoms with Gasteiger partial charge in [0.2, 0.25) is 0 Å². The standard InChI is InChI=1S/C14H12ClN3OS2/c1-8-10(15)4-5-11-12(8)17-14(21-11)18-13(19)16-7-9-3-2-6-20-9/h2-6H,7H2,1H3,(H2,16,17,18,19). The number of thiophene rings is 1. The molecule has 21 heavy (non-hydrogen) atoms. The predicted octanol–water partition coefficient (Wildman–Crippen LogP) is 4.64. The van der Waals surface area contributed by atoms with Crippen molar-refractivity contribution in [2.75, 3.05) is 5.32 Å². The minimum Gasteiger partial charge on any atom is -0.333 e. The summed E-state index contributed by atoms with van der Waals surface area (Å²) < 4.78 is 1.01. The van der Waals surface area contributed by atoms with Crippen LogP contribution in [0, 0.1) is 6.92 Å². The molecule has 0 aliphatic carbocycles. The Balaban J connectivity index is 1.70. The summed E-state index contributed by atoms with van der Waals surface area (Å²) in [6, 6.07) is 7.44. The molecule has 0 aliphatic heterocycles. The van der Waals surface area contributed by atoms with E-state index in [9.17, 15) is 4.79 Å². The molecule has 0 aliphatic rings. The number of rotatable bonds is 3. The smallest absolute Gasteiger partial charge is 0.321 e. The number of benzene rings is 1. The summed E-state index contributed by atoms with van der Waals surface area (Å²) in [5, 5.41) is 8.80. The van der Waals surface area contributed by atoms with Gasteiger partial charge in [0.15, 0.2) is 5.13 Å². The van der Waals surface area contributed by atoms with E-state index in [4.69, 9.17) is 11.6 Å². The topological polar surface area (TPSA) is 54.0 Å². The summed E-state index contributed by atoms with van der Waals surface area (Å²) in [5.41, 5.74) is 1.76. The average Bonchev–Trinajstić information content (AvgIpc) is 3.10. The molecule has 3 aromatic rings. The Morgan fingerprint density at radius 3 is 3.00 bits per heavy atom. The molecule has 0 unspecified atom stereocenters. The van der Waals surface area contributed by atoms with Crippen molar-refractivity contribution in [1.29, 1.82) is 0 Å². The lowest BCUT2D eigenvalue weighted by molar-refractivity contribution is 0.252. The number of aromatic nitrogens is 1. The van der Waals surface area contributed by atoms with Gasteiger partial charge in [-0.05, 0) is 36.1 Å². The van der Waals surface area contributed by atoms with Crippen LogP contribution in [0.3, 0.4) is 0 Å². The number of anilines is 1. The van der Waals surface area contributed by atoms with Crippen molar-refractivity contribution in [2.24, 2.45) is 0 Å². The molecule has 2 aromatic heterocycles. The Bertz CT molecular complexity index is 783. The molecule has 2 heterocycles. The van der Waals surface area contributed by atoms with Crippen molar-refractivity contribution in [3.05, 3.63) is 45.1 Å². The summed E-state index contributed by atoms with van der Waals surface area (Å²) in [5.74, 6) is 0. The summed E-state index contributed by atoms with van der Waals surface area (Å²) in [6.07, 6.45) is 0. The van der Waals surface area contributed by atoms with Crippen molar-refractivity contribution in [2.45, 2.75) is 13.5 Å². The van der Waals surface area contributed by atoms with Gasteiger partial charge >= 0.3 is 6.03 Å². The zero-order valence-electron chi connectivity index (χ0n) is 11.1. The molecule has 2 N–H and O–H groups in total. The Morgan fingerprint density at radius 1 is 1.38 bits per heavy atom. The van der Waals surface area contributed by atoms with Gasteiger partial charge in [0.05, 0.1) is 16.8 Å². The number of nitrogens with zero attached hydrogens (tertiary/aromatic N) is 1. The number of aryl methyl sites for hydroxylation is 1. The SMILES string of the molecule is Cc1c(Cl)ccc2sc(NC(=O)NCc3cccs3)nc12. The van der Waals surface area contributed by atoms with E-state index in [0.29, 0.717) is 16.7 Å². The number of carbonyl (C=O) groups excluding carboxylic acids is 1. The number of carbonyl (C=O) groups is 1. The normalized spacial score (nSPS) is 10.8. The highest BCUT2D eigenvalue weighted by Gasteiger charge is 2.10. The van der Waals surface area contributed by atoms with E-state index in [1.807, 2.05) is 36.6 Å². The minimum atomic E-state index is -0.258. The van der Waals surface area contributed by atoms with Gasteiger partial charge in [-0.25, -0.2) is 9.78 Å². The predicted molar refractivity (Wildman–Crippen MR) is 89.5 cm³/mol. The van der Waals surface area contributed by atoms with Crippen LogP contribution in [0.4, 0.5) is 9.93 Å². The van der Waals surface area contributed by atoms with Crippen molar-refractivity contribution in [3.63, 3.8) is 0 Å². The number of halogens is 1. The largest absolute Gasteiger partial charge is 0.333 e. The summed E-state index contributed by atoms with van der Waals surface area (Å²) in [7, 11) is 0. The highest BCUT2D eigenvalue weighted by molar-refractivity contribution is 7.22. The lowest BCUT2D eigenvalue weighted by atomic mass is 10.2. The molecule has 2 amide bonds. The number of thiazole rings is 1. The zero-order valence-corrected chi connectivity index (χ0v) is 13.5. The van der Waals surface area contributed by atoms with E-state index in [-0.39, 0.29) is 6.03 Å². The van der Waals surface area contributed by atoms with Crippen LogP contribution in [0.25, 0.3) is 10.2 Å². The fourth-order valence-corrected chi connectivity index (χ4v) is 3.59. The minimum absolute atomic E-state index is 0.258. The molecule has 4 nitrogen and oxygen atoms in total. The molecule has 0 bridgehead atoms. The molecule has 0 saturated carbocycles. The van der Waals surface area contributed by atoms with Crippen molar-refractivity contribution in [1.82, 2.24) is 10.3 Å². The Kier molecular flexibility index (Phi) is 4.10. The van der Waals surface area contributed by atoms with Crippen LogP contribution in [0.1, 0.15) is 10.4 Å². The number of hydrogen-bond donors (Lipinski definition) is 2. The first-order chi connectivity index (χ1) is 10.1. The second-order valence-corrected chi connectivity index (χ2v) is 6.90. The number of amides is 2. The second-order valence-electron chi connectivity index (χ2n) is 4.43. The second kappa shape index (κ2) is 6.01.